The molecule has 3 aliphatic carbocycles. The molecule has 0 radical (unpaired) electrons. The maximum atomic E-state index is 12.8. The Morgan fingerprint density at radius 1 is 1.09 bits per heavy atom. The summed E-state index contributed by atoms with van der Waals surface area (Å²) in [5, 5.41) is 15.0. The molecule has 2 saturated carbocycles. The molecule has 5 rings (SSSR count). The number of ether oxygens (including phenoxy) is 1. The fraction of sp³-hybridized carbons (Fsp3) is 0.370. The molecular formula is C27H28N2O5. The van der Waals surface area contributed by atoms with Gasteiger partial charge in [-0.15, -0.1) is 6.58 Å². The molecule has 2 aromatic carbocycles. The molecule has 176 valence electrons. The number of hydrogen-bond donors (Lipinski definition) is 3. The lowest BCUT2D eigenvalue weighted by Gasteiger charge is -2.22. The van der Waals surface area contributed by atoms with Crippen molar-refractivity contribution in [2.75, 3.05) is 6.61 Å². The molecule has 4 atom stereocenters. The topological polar surface area (TPSA) is 105 Å². The summed E-state index contributed by atoms with van der Waals surface area (Å²) in [6, 6.07) is 15.2. The zero-order chi connectivity index (χ0) is 23.9. The van der Waals surface area contributed by atoms with Crippen molar-refractivity contribution in [3.63, 3.8) is 0 Å². The molecule has 2 aromatic rings. The van der Waals surface area contributed by atoms with Gasteiger partial charge in [0.15, 0.2) is 0 Å². The standard InChI is InChI=1S/C27H28N2O5/c1-2-7-23(24(30)28-17-12-16-13-27(16,14-17)25(31)32)29-26(33)34-15-22-20-10-5-3-8-18(20)19-9-4-6-11-21(19)22/h2-6,8-11,16-17,22-23H,1,7,12-15H2,(H,28,30)(H,29,33)(H,31,32)/t16-,17+,23?,27+/m0/s1. The van der Waals surface area contributed by atoms with Crippen LogP contribution in [0.5, 0.6) is 0 Å². The molecule has 2 fully saturated rings. The van der Waals surface area contributed by atoms with Crippen LogP contribution in [0.3, 0.4) is 0 Å². The summed E-state index contributed by atoms with van der Waals surface area (Å²) >= 11 is 0. The molecule has 2 amide bonds. The highest BCUT2D eigenvalue weighted by molar-refractivity contribution is 5.86. The van der Waals surface area contributed by atoms with Crippen molar-refractivity contribution in [3.05, 3.63) is 72.3 Å². The van der Waals surface area contributed by atoms with Crippen LogP contribution in [0.4, 0.5) is 4.79 Å². The Morgan fingerprint density at radius 3 is 2.32 bits per heavy atom. The van der Waals surface area contributed by atoms with Gasteiger partial charge in [0.05, 0.1) is 5.41 Å². The lowest BCUT2D eigenvalue weighted by atomic mass is 9.98. The van der Waals surface area contributed by atoms with Crippen molar-refractivity contribution in [1.29, 1.82) is 0 Å². The fourth-order valence-corrected chi connectivity index (χ4v) is 5.75. The number of carboxylic acid groups (broad SMARTS) is 1. The molecule has 0 saturated heterocycles. The van der Waals surface area contributed by atoms with Crippen LogP contribution in [-0.2, 0) is 14.3 Å². The predicted molar refractivity (Wildman–Crippen MR) is 126 cm³/mol. The molecule has 7 nitrogen and oxygen atoms in total. The fourth-order valence-electron chi connectivity index (χ4n) is 5.75. The molecule has 0 aromatic heterocycles. The van der Waals surface area contributed by atoms with Crippen molar-refractivity contribution >= 4 is 18.0 Å². The summed E-state index contributed by atoms with van der Waals surface area (Å²) in [5.41, 5.74) is 3.84. The normalized spacial score (nSPS) is 24.8. The first kappa shape index (κ1) is 22.2. The van der Waals surface area contributed by atoms with Crippen LogP contribution in [0, 0.1) is 11.3 Å². The van der Waals surface area contributed by atoms with Gasteiger partial charge < -0.3 is 20.5 Å². The second kappa shape index (κ2) is 8.63. The third-order valence-corrected chi connectivity index (χ3v) is 7.54. The molecule has 0 heterocycles. The Hall–Kier alpha value is -3.61. The Morgan fingerprint density at radius 2 is 1.74 bits per heavy atom. The van der Waals surface area contributed by atoms with Crippen LogP contribution in [0.1, 0.15) is 42.7 Å². The average molecular weight is 461 g/mol. The van der Waals surface area contributed by atoms with E-state index in [0.717, 1.165) is 22.3 Å². The smallest absolute Gasteiger partial charge is 0.407 e. The van der Waals surface area contributed by atoms with E-state index in [9.17, 15) is 19.5 Å². The summed E-state index contributed by atoms with van der Waals surface area (Å²) in [6.45, 7) is 3.84. The van der Waals surface area contributed by atoms with E-state index in [4.69, 9.17) is 4.74 Å². The van der Waals surface area contributed by atoms with Crippen molar-refractivity contribution in [3.8, 4) is 11.1 Å². The van der Waals surface area contributed by atoms with Crippen LogP contribution in [0.15, 0.2) is 61.2 Å². The molecule has 34 heavy (non-hydrogen) atoms. The Bertz CT molecular complexity index is 1120. The van der Waals surface area contributed by atoms with Gasteiger partial charge >= 0.3 is 12.1 Å². The van der Waals surface area contributed by atoms with Crippen molar-refractivity contribution in [2.24, 2.45) is 11.3 Å². The van der Waals surface area contributed by atoms with E-state index >= 15 is 0 Å². The maximum Gasteiger partial charge on any atom is 0.407 e. The van der Waals surface area contributed by atoms with Gasteiger partial charge in [-0.1, -0.05) is 54.6 Å². The average Bonchev–Trinajstić information content (AvgIpc) is 3.26. The summed E-state index contributed by atoms with van der Waals surface area (Å²) in [4.78, 5) is 37.0. The van der Waals surface area contributed by atoms with Gasteiger partial charge in [-0.25, -0.2) is 4.79 Å². The number of carboxylic acids is 1. The monoisotopic (exact) mass is 460 g/mol. The highest BCUT2D eigenvalue weighted by Gasteiger charge is 2.65. The maximum absolute atomic E-state index is 12.8. The number of aliphatic carboxylic acids is 1. The third-order valence-electron chi connectivity index (χ3n) is 7.54. The van der Waals surface area contributed by atoms with E-state index in [0.29, 0.717) is 19.3 Å². The summed E-state index contributed by atoms with van der Waals surface area (Å²) in [7, 11) is 0. The van der Waals surface area contributed by atoms with Gasteiger partial charge in [0.2, 0.25) is 5.91 Å². The second-order valence-electron chi connectivity index (χ2n) is 9.55. The number of alkyl carbamates (subject to hydrolysis) is 1. The predicted octanol–water partition coefficient (Wildman–Crippen LogP) is 3.84. The minimum atomic E-state index is -0.828. The molecule has 7 heteroatoms. The zero-order valence-electron chi connectivity index (χ0n) is 18.8. The molecular weight excluding hydrogens is 432 g/mol. The molecule has 3 aliphatic rings. The molecule has 0 spiro atoms. The number of fused-ring (bicyclic) bond motifs is 4. The molecule has 3 N–H and O–H groups in total. The number of carbonyl (C=O) groups excluding carboxylic acids is 2. The molecule has 0 aliphatic heterocycles. The van der Waals surface area contributed by atoms with Crippen molar-refractivity contribution in [2.45, 2.75) is 43.7 Å². The largest absolute Gasteiger partial charge is 0.481 e. The third kappa shape index (κ3) is 3.85. The quantitative estimate of drug-likeness (QED) is 0.519. The summed E-state index contributed by atoms with van der Waals surface area (Å²) in [6.07, 6.45) is 2.92. The second-order valence-corrected chi connectivity index (χ2v) is 9.55. The van der Waals surface area contributed by atoms with E-state index in [1.165, 1.54) is 0 Å². The minimum absolute atomic E-state index is 0.0674. The highest BCUT2D eigenvalue weighted by atomic mass is 16.5. The first-order valence-electron chi connectivity index (χ1n) is 11.7. The number of carbonyl (C=O) groups is 3. The number of nitrogens with one attached hydrogen (secondary N) is 2. The van der Waals surface area contributed by atoms with Crippen molar-refractivity contribution in [1.82, 2.24) is 10.6 Å². The van der Waals surface area contributed by atoms with Crippen LogP contribution >= 0.6 is 0 Å². The first-order chi connectivity index (χ1) is 16.4. The van der Waals surface area contributed by atoms with Gasteiger partial charge in [-0.3, -0.25) is 9.59 Å². The van der Waals surface area contributed by atoms with Crippen LogP contribution < -0.4 is 10.6 Å². The van der Waals surface area contributed by atoms with Gasteiger partial charge in [-0.05, 0) is 53.9 Å². The summed E-state index contributed by atoms with van der Waals surface area (Å²) in [5.74, 6) is -1.07. The van der Waals surface area contributed by atoms with E-state index in [1.54, 1.807) is 6.08 Å². The SMILES string of the molecule is C=CCC(NC(=O)OCC1c2ccccc2-c2ccccc21)C(=O)N[C@@H]1C[C@H]2C[C@@]2(C(=O)O)C1. The van der Waals surface area contributed by atoms with E-state index in [1.807, 2.05) is 36.4 Å². The Kier molecular flexibility index (Phi) is 5.63. The van der Waals surface area contributed by atoms with Crippen molar-refractivity contribution < 1.29 is 24.2 Å². The summed E-state index contributed by atoms with van der Waals surface area (Å²) < 4.78 is 5.57. The number of amides is 2. The molecule has 0 bridgehead atoms. The van der Waals surface area contributed by atoms with E-state index in [2.05, 4.69) is 29.3 Å². The first-order valence-corrected chi connectivity index (χ1v) is 11.7. The van der Waals surface area contributed by atoms with Crippen LogP contribution in [0.25, 0.3) is 11.1 Å². The van der Waals surface area contributed by atoms with Crippen LogP contribution in [0.2, 0.25) is 0 Å². The minimum Gasteiger partial charge on any atom is -0.481 e. The van der Waals surface area contributed by atoms with Gasteiger partial charge in [0.25, 0.3) is 0 Å². The highest BCUT2D eigenvalue weighted by Crippen LogP contribution is 2.63. The van der Waals surface area contributed by atoms with Gasteiger partial charge in [0.1, 0.15) is 12.6 Å². The van der Waals surface area contributed by atoms with Crippen LogP contribution in [-0.4, -0.2) is 41.8 Å². The lowest BCUT2D eigenvalue weighted by Crippen LogP contribution is -2.49. The molecule has 1 unspecified atom stereocenters. The lowest BCUT2D eigenvalue weighted by molar-refractivity contribution is -0.143. The van der Waals surface area contributed by atoms with E-state index in [-0.39, 0.29) is 36.8 Å². The van der Waals surface area contributed by atoms with E-state index < -0.39 is 23.5 Å². The Balaban J connectivity index is 1.19. The number of hydrogen-bond acceptors (Lipinski definition) is 4. The van der Waals surface area contributed by atoms with Gasteiger partial charge in [0, 0.05) is 12.0 Å². The number of benzene rings is 2. The van der Waals surface area contributed by atoms with Gasteiger partial charge in [-0.2, -0.15) is 0 Å². The number of rotatable bonds is 8. The zero-order valence-corrected chi connectivity index (χ0v) is 18.8. The Labute approximate surface area is 198 Å².